The van der Waals surface area contributed by atoms with Gasteiger partial charge in [0.25, 0.3) is 0 Å². The molecule has 4 rings (SSSR count). The van der Waals surface area contributed by atoms with Crippen LogP contribution in [-0.2, 0) is 6.42 Å². The van der Waals surface area contributed by atoms with E-state index in [1.165, 1.54) is 10.5 Å². The Bertz CT molecular complexity index is 907. The number of allylic oxidation sites excluding steroid dienone is 1. The summed E-state index contributed by atoms with van der Waals surface area (Å²) < 4.78 is 6.05. The molecule has 0 amide bonds. The average Bonchev–Trinajstić information content (AvgIpc) is 3.32. The number of nitrogen functional groups attached to an aromatic ring is 1. The standard InChI is InChI=1S/C22H26N4OS/c23-16-2-6-18(7-3-16)27-19-5-1-14(12-19)20(24)13-22(25)26-17-4-8-21-15(11-17)9-10-28-21/h2-4,6-8,11,13-14,19H,1,5,9-10,12,23-24H2,(H2,25,26)/b20-13-. The van der Waals surface area contributed by atoms with Crippen LogP contribution in [0.25, 0.3) is 0 Å². The molecule has 5 nitrogen and oxygen atoms in total. The van der Waals surface area contributed by atoms with Crippen molar-refractivity contribution in [3.05, 3.63) is 59.8 Å². The smallest absolute Gasteiger partial charge is 0.125 e. The third-order valence-corrected chi connectivity index (χ3v) is 6.40. The second-order valence-corrected chi connectivity index (χ2v) is 8.53. The van der Waals surface area contributed by atoms with Gasteiger partial charge < -0.3 is 21.9 Å². The molecule has 1 heterocycles. The third kappa shape index (κ3) is 4.44. The summed E-state index contributed by atoms with van der Waals surface area (Å²) in [6.45, 7) is 0. The van der Waals surface area contributed by atoms with Crippen LogP contribution in [0.5, 0.6) is 5.75 Å². The number of thioether (sulfide) groups is 1. The van der Waals surface area contributed by atoms with Crippen LogP contribution in [0.1, 0.15) is 24.8 Å². The minimum Gasteiger partial charge on any atom is -0.490 e. The molecule has 0 saturated heterocycles. The van der Waals surface area contributed by atoms with Gasteiger partial charge in [-0.25, -0.2) is 4.99 Å². The molecule has 1 aliphatic heterocycles. The largest absolute Gasteiger partial charge is 0.490 e. The summed E-state index contributed by atoms with van der Waals surface area (Å²) in [6.07, 6.45) is 5.91. The van der Waals surface area contributed by atoms with E-state index in [9.17, 15) is 0 Å². The third-order valence-electron chi connectivity index (χ3n) is 5.28. The van der Waals surface area contributed by atoms with Crippen molar-refractivity contribution < 1.29 is 4.74 Å². The van der Waals surface area contributed by atoms with Crippen molar-refractivity contribution >= 4 is 29.0 Å². The summed E-state index contributed by atoms with van der Waals surface area (Å²) in [6, 6.07) is 13.8. The molecule has 1 saturated carbocycles. The number of rotatable bonds is 5. The van der Waals surface area contributed by atoms with E-state index in [1.807, 2.05) is 42.1 Å². The van der Waals surface area contributed by atoms with Crippen LogP contribution in [-0.4, -0.2) is 17.7 Å². The first-order valence-electron chi connectivity index (χ1n) is 9.66. The molecular formula is C22H26N4OS. The van der Waals surface area contributed by atoms with Crippen LogP contribution in [0.2, 0.25) is 0 Å². The lowest BCUT2D eigenvalue weighted by atomic mass is 10.0. The van der Waals surface area contributed by atoms with Crippen molar-refractivity contribution in [3.63, 3.8) is 0 Å². The molecule has 2 aliphatic rings. The minimum absolute atomic E-state index is 0.160. The molecule has 0 aromatic heterocycles. The van der Waals surface area contributed by atoms with E-state index in [4.69, 9.17) is 21.9 Å². The molecule has 0 bridgehead atoms. The first-order chi connectivity index (χ1) is 13.6. The number of hydrogen-bond acceptors (Lipinski definition) is 5. The fourth-order valence-electron chi connectivity index (χ4n) is 3.80. The van der Waals surface area contributed by atoms with Crippen LogP contribution < -0.4 is 21.9 Å². The number of benzene rings is 2. The van der Waals surface area contributed by atoms with Crippen LogP contribution in [0.3, 0.4) is 0 Å². The van der Waals surface area contributed by atoms with Gasteiger partial charge in [-0.1, -0.05) is 0 Å². The maximum Gasteiger partial charge on any atom is 0.125 e. The number of nitrogens with zero attached hydrogens (tertiary/aromatic N) is 1. The molecule has 0 spiro atoms. The Kier molecular flexibility index (Phi) is 5.48. The molecule has 28 heavy (non-hydrogen) atoms. The Labute approximate surface area is 170 Å². The Morgan fingerprint density at radius 3 is 2.75 bits per heavy atom. The van der Waals surface area contributed by atoms with Crippen molar-refractivity contribution in [3.8, 4) is 5.75 Å². The lowest BCUT2D eigenvalue weighted by molar-refractivity contribution is 0.206. The summed E-state index contributed by atoms with van der Waals surface area (Å²) in [7, 11) is 0. The molecule has 2 atom stereocenters. The first-order valence-corrected chi connectivity index (χ1v) is 10.6. The van der Waals surface area contributed by atoms with Crippen molar-refractivity contribution in [2.75, 3.05) is 11.5 Å². The van der Waals surface area contributed by atoms with Crippen LogP contribution in [0, 0.1) is 5.92 Å². The van der Waals surface area contributed by atoms with E-state index in [1.54, 1.807) is 6.08 Å². The number of nitrogens with two attached hydrogens (primary N) is 3. The fraction of sp³-hybridized carbons (Fsp3) is 0.318. The number of aliphatic imine (C=N–C) groups is 1. The van der Waals surface area contributed by atoms with Gasteiger partial charge in [0.1, 0.15) is 11.6 Å². The molecule has 2 unspecified atom stereocenters. The number of hydrogen-bond donors (Lipinski definition) is 3. The molecular weight excluding hydrogens is 368 g/mol. The highest BCUT2D eigenvalue weighted by molar-refractivity contribution is 7.99. The van der Waals surface area contributed by atoms with E-state index in [-0.39, 0.29) is 12.0 Å². The number of anilines is 1. The first kappa shape index (κ1) is 18.7. The normalized spacial score (nSPS) is 22.3. The monoisotopic (exact) mass is 394 g/mol. The van der Waals surface area contributed by atoms with Gasteiger partial charge in [-0.2, -0.15) is 0 Å². The second-order valence-electron chi connectivity index (χ2n) is 7.39. The lowest BCUT2D eigenvalue weighted by Crippen LogP contribution is -2.17. The van der Waals surface area contributed by atoms with Crippen molar-refractivity contribution in [2.45, 2.75) is 36.7 Å². The number of aryl methyl sites for hydroxylation is 1. The Morgan fingerprint density at radius 1 is 1.11 bits per heavy atom. The van der Waals surface area contributed by atoms with Gasteiger partial charge in [0, 0.05) is 28.0 Å². The molecule has 1 fully saturated rings. The molecule has 6 N–H and O–H groups in total. The Balaban J connectivity index is 1.37. The van der Waals surface area contributed by atoms with Gasteiger partial charge in [0.2, 0.25) is 0 Å². The van der Waals surface area contributed by atoms with Crippen LogP contribution >= 0.6 is 11.8 Å². The maximum absolute atomic E-state index is 6.32. The van der Waals surface area contributed by atoms with Gasteiger partial charge in [-0.05, 0) is 79.8 Å². The van der Waals surface area contributed by atoms with E-state index in [2.05, 4.69) is 17.1 Å². The highest BCUT2D eigenvalue weighted by Gasteiger charge is 2.28. The molecule has 0 radical (unpaired) electrons. The molecule has 2 aromatic carbocycles. The van der Waals surface area contributed by atoms with E-state index >= 15 is 0 Å². The van der Waals surface area contributed by atoms with Crippen molar-refractivity contribution in [2.24, 2.45) is 22.4 Å². The summed E-state index contributed by atoms with van der Waals surface area (Å²) in [5.74, 6) is 2.71. The van der Waals surface area contributed by atoms with E-state index in [0.717, 1.165) is 54.3 Å². The molecule has 6 heteroatoms. The number of amidine groups is 1. The number of ether oxygens (including phenoxy) is 1. The zero-order valence-corrected chi connectivity index (χ0v) is 16.6. The summed E-state index contributed by atoms with van der Waals surface area (Å²) in [4.78, 5) is 5.88. The molecule has 1 aliphatic carbocycles. The van der Waals surface area contributed by atoms with Crippen LogP contribution in [0.15, 0.2) is 64.1 Å². The highest BCUT2D eigenvalue weighted by atomic mass is 32.2. The zero-order chi connectivity index (χ0) is 19.5. The quantitative estimate of drug-likeness (QED) is 0.404. The maximum atomic E-state index is 6.32. The van der Waals surface area contributed by atoms with Crippen molar-refractivity contribution in [1.82, 2.24) is 0 Å². The second kappa shape index (κ2) is 8.19. The Hall–Kier alpha value is -2.60. The predicted octanol–water partition coefficient (Wildman–Crippen LogP) is 4.00. The predicted molar refractivity (Wildman–Crippen MR) is 117 cm³/mol. The van der Waals surface area contributed by atoms with Crippen LogP contribution in [0.4, 0.5) is 11.4 Å². The van der Waals surface area contributed by atoms with Gasteiger partial charge in [0.15, 0.2) is 0 Å². The fourth-order valence-corrected chi connectivity index (χ4v) is 4.85. The van der Waals surface area contributed by atoms with Gasteiger partial charge in [0.05, 0.1) is 11.8 Å². The molecule has 146 valence electrons. The van der Waals surface area contributed by atoms with Gasteiger partial charge in [-0.15, -0.1) is 11.8 Å². The summed E-state index contributed by atoms with van der Waals surface area (Å²) in [5.41, 5.74) is 21.9. The lowest BCUT2D eigenvalue weighted by Gasteiger charge is -2.14. The number of fused-ring (bicyclic) bond motifs is 1. The van der Waals surface area contributed by atoms with Gasteiger partial charge >= 0.3 is 0 Å². The average molecular weight is 395 g/mol. The summed E-state index contributed by atoms with van der Waals surface area (Å²) in [5, 5.41) is 0. The summed E-state index contributed by atoms with van der Waals surface area (Å²) >= 11 is 1.89. The topological polar surface area (TPSA) is 99.6 Å². The van der Waals surface area contributed by atoms with E-state index in [0.29, 0.717) is 5.84 Å². The Morgan fingerprint density at radius 2 is 1.93 bits per heavy atom. The van der Waals surface area contributed by atoms with E-state index < -0.39 is 0 Å². The van der Waals surface area contributed by atoms with Gasteiger partial charge in [-0.3, -0.25) is 0 Å². The SMILES string of the molecule is NC(/C=C(\N)C1CCC(Oc2ccc(N)cc2)C1)=Nc1ccc2c(c1)CCS2. The minimum atomic E-state index is 0.160. The molecule has 2 aromatic rings. The zero-order valence-electron chi connectivity index (χ0n) is 15.8. The van der Waals surface area contributed by atoms with Crippen molar-refractivity contribution in [1.29, 1.82) is 0 Å². The highest BCUT2D eigenvalue weighted by Crippen LogP contribution is 2.34.